The zero-order valence-corrected chi connectivity index (χ0v) is 15.9. The summed E-state index contributed by atoms with van der Waals surface area (Å²) in [4.78, 5) is 53.0. The number of hydrogen-bond donors (Lipinski definition) is 0. The molecule has 3 aromatic rings. The summed E-state index contributed by atoms with van der Waals surface area (Å²) in [6.45, 7) is 0. The SMILES string of the molecule is O=C(c1ccccc1)C(C(=O)c1ccccc1)(C(=O)c1ccccc1)C(=O)C(F)(F)F. The largest absolute Gasteiger partial charge is 0.452 e. The van der Waals surface area contributed by atoms with Gasteiger partial charge in [0.2, 0.25) is 5.41 Å². The Morgan fingerprint density at radius 1 is 0.484 bits per heavy atom. The number of rotatable bonds is 7. The van der Waals surface area contributed by atoms with Crippen molar-refractivity contribution in [3.8, 4) is 0 Å². The highest BCUT2D eigenvalue weighted by Crippen LogP contribution is 2.39. The van der Waals surface area contributed by atoms with Crippen LogP contribution in [0.5, 0.6) is 0 Å². The van der Waals surface area contributed by atoms with Gasteiger partial charge in [0.15, 0.2) is 17.3 Å². The number of carbonyl (C=O) groups is 4. The van der Waals surface area contributed by atoms with Gasteiger partial charge in [0, 0.05) is 16.7 Å². The molecular weight excluding hydrogens is 409 g/mol. The molecule has 0 N–H and O–H groups in total. The van der Waals surface area contributed by atoms with Crippen molar-refractivity contribution in [2.45, 2.75) is 6.18 Å². The average molecular weight is 424 g/mol. The van der Waals surface area contributed by atoms with E-state index in [4.69, 9.17) is 0 Å². The van der Waals surface area contributed by atoms with E-state index in [-0.39, 0.29) is 16.7 Å². The number of Topliss-reactive ketones (excluding diaryl/α,β-unsaturated/α-hetero) is 4. The molecule has 0 amide bonds. The van der Waals surface area contributed by atoms with Crippen LogP contribution in [0, 0.1) is 5.41 Å². The van der Waals surface area contributed by atoms with E-state index >= 15 is 0 Å². The van der Waals surface area contributed by atoms with Crippen LogP contribution in [0.15, 0.2) is 91.0 Å². The van der Waals surface area contributed by atoms with Gasteiger partial charge in [-0.3, -0.25) is 19.2 Å². The zero-order chi connectivity index (χ0) is 22.6. The Labute approximate surface area is 175 Å². The van der Waals surface area contributed by atoms with Gasteiger partial charge in [-0.1, -0.05) is 91.0 Å². The van der Waals surface area contributed by atoms with Gasteiger partial charge < -0.3 is 0 Å². The second-order valence-corrected chi connectivity index (χ2v) is 6.66. The van der Waals surface area contributed by atoms with E-state index in [9.17, 15) is 32.3 Å². The summed E-state index contributed by atoms with van der Waals surface area (Å²) in [7, 11) is 0. The predicted molar refractivity (Wildman–Crippen MR) is 106 cm³/mol. The number of hydrogen-bond acceptors (Lipinski definition) is 4. The average Bonchev–Trinajstić information content (AvgIpc) is 2.80. The molecule has 0 unspecified atom stereocenters. The lowest BCUT2D eigenvalue weighted by molar-refractivity contribution is -0.175. The van der Waals surface area contributed by atoms with Gasteiger partial charge >= 0.3 is 6.18 Å². The molecular formula is C24H15F3O4. The van der Waals surface area contributed by atoms with Crippen LogP contribution in [0.2, 0.25) is 0 Å². The van der Waals surface area contributed by atoms with Crippen molar-refractivity contribution in [1.82, 2.24) is 0 Å². The number of halogens is 3. The third-order valence-electron chi connectivity index (χ3n) is 4.73. The number of ketones is 4. The Morgan fingerprint density at radius 2 is 0.742 bits per heavy atom. The van der Waals surface area contributed by atoms with Gasteiger partial charge in [0.05, 0.1) is 0 Å². The standard InChI is InChI=1S/C24H15F3O4/c25-24(26,27)22(31)23(19(28)16-10-4-1-5-11-16,20(29)17-12-6-2-7-13-17)21(30)18-14-8-3-9-15-18/h1-15H. The smallest absolute Gasteiger partial charge is 0.292 e. The minimum atomic E-state index is -5.63. The second-order valence-electron chi connectivity index (χ2n) is 6.66. The molecule has 0 saturated carbocycles. The fourth-order valence-corrected chi connectivity index (χ4v) is 3.25. The van der Waals surface area contributed by atoms with Gasteiger partial charge in [-0.2, -0.15) is 13.2 Å². The summed E-state index contributed by atoms with van der Waals surface area (Å²) in [5.41, 5.74) is -4.75. The van der Waals surface area contributed by atoms with Crippen LogP contribution in [-0.4, -0.2) is 29.3 Å². The molecule has 0 saturated heterocycles. The van der Waals surface area contributed by atoms with Crippen LogP contribution in [0.1, 0.15) is 31.1 Å². The van der Waals surface area contributed by atoms with E-state index in [2.05, 4.69) is 0 Å². The molecule has 156 valence electrons. The van der Waals surface area contributed by atoms with E-state index < -0.39 is 34.7 Å². The molecule has 3 rings (SSSR count). The van der Waals surface area contributed by atoms with Crippen LogP contribution in [0.4, 0.5) is 13.2 Å². The van der Waals surface area contributed by atoms with E-state index in [0.29, 0.717) is 0 Å². The molecule has 0 aromatic heterocycles. The molecule has 0 radical (unpaired) electrons. The molecule has 0 aliphatic heterocycles. The quantitative estimate of drug-likeness (QED) is 0.405. The normalized spacial score (nSPS) is 11.6. The summed E-state index contributed by atoms with van der Waals surface area (Å²) in [6, 6.07) is 19.5. The molecule has 0 aliphatic carbocycles. The Hall–Kier alpha value is -3.87. The first-order valence-electron chi connectivity index (χ1n) is 9.12. The van der Waals surface area contributed by atoms with Crippen molar-refractivity contribution in [1.29, 1.82) is 0 Å². The van der Waals surface area contributed by atoms with E-state index in [0.717, 1.165) is 36.4 Å². The Kier molecular flexibility index (Phi) is 5.97. The molecule has 3 aromatic carbocycles. The topological polar surface area (TPSA) is 68.3 Å². The zero-order valence-electron chi connectivity index (χ0n) is 15.9. The van der Waals surface area contributed by atoms with Crippen LogP contribution in [0.25, 0.3) is 0 Å². The molecule has 0 fully saturated rings. The van der Waals surface area contributed by atoms with Gasteiger partial charge in [-0.05, 0) is 0 Å². The van der Waals surface area contributed by atoms with Crippen molar-refractivity contribution in [3.05, 3.63) is 108 Å². The van der Waals surface area contributed by atoms with Crippen molar-refractivity contribution < 1.29 is 32.3 Å². The van der Waals surface area contributed by atoms with Crippen LogP contribution >= 0.6 is 0 Å². The summed E-state index contributed by atoms with van der Waals surface area (Å²) in [6.07, 6.45) is -5.63. The third-order valence-corrected chi connectivity index (χ3v) is 4.73. The molecule has 4 nitrogen and oxygen atoms in total. The Bertz CT molecular complexity index is 997. The molecule has 0 aliphatic rings. The van der Waals surface area contributed by atoms with E-state index in [1.165, 1.54) is 54.6 Å². The van der Waals surface area contributed by atoms with Crippen molar-refractivity contribution in [2.24, 2.45) is 5.41 Å². The molecule has 7 heteroatoms. The Balaban J connectivity index is 2.38. The maximum absolute atomic E-state index is 13.8. The highest BCUT2D eigenvalue weighted by atomic mass is 19.4. The van der Waals surface area contributed by atoms with Gasteiger partial charge in [-0.25, -0.2) is 0 Å². The van der Waals surface area contributed by atoms with Crippen LogP contribution < -0.4 is 0 Å². The van der Waals surface area contributed by atoms with Gasteiger partial charge in [0.25, 0.3) is 5.78 Å². The molecule has 0 bridgehead atoms. The van der Waals surface area contributed by atoms with Crippen molar-refractivity contribution in [2.75, 3.05) is 0 Å². The summed E-state index contributed by atoms with van der Waals surface area (Å²) in [5.74, 6) is -7.31. The molecule has 0 atom stereocenters. The van der Waals surface area contributed by atoms with Crippen LogP contribution in [-0.2, 0) is 4.79 Å². The monoisotopic (exact) mass is 424 g/mol. The number of carbonyl (C=O) groups excluding carboxylic acids is 4. The van der Waals surface area contributed by atoms with Gasteiger partial charge in [0.1, 0.15) is 0 Å². The third kappa shape index (κ3) is 3.94. The molecule has 0 heterocycles. The lowest BCUT2D eigenvalue weighted by atomic mass is 9.66. The minimum absolute atomic E-state index is 0.367. The summed E-state index contributed by atoms with van der Waals surface area (Å²) in [5, 5.41) is 0. The van der Waals surface area contributed by atoms with Gasteiger partial charge in [-0.15, -0.1) is 0 Å². The first-order valence-corrected chi connectivity index (χ1v) is 9.12. The maximum Gasteiger partial charge on any atom is 0.452 e. The highest BCUT2D eigenvalue weighted by Gasteiger charge is 2.66. The van der Waals surface area contributed by atoms with Crippen molar-refractivity contribution in [3.63, 3.8) is 0 Å². The lowest BCUT2D eigenvalue weighted by Gasteiger charge is -2.29. The number of benzene rings is 3. The lowest BCUT2D eigenvalue weighted by Crippen LogP contribution is -2.57. The molecule has 0 spiro atoms. The number of alkyl halides is 3. The summed E-state index contributed by atoms with van der Waals surface area (Å²) >= 11 is 0. The molecule has 31 heavy (non-hydrogen) atoms. The Morgan fingerprint density at radius 3 is 0.968 bits per heavy atom. The maximum atomic E-state index is 13.8. The summed E-state index contributed by atoms with van der Waals surface area (Å²) < 4.78 is 41.3. The first-order chi connectivity index (χ1) is 14.7. The second kappa shape index (κ2) is 8.47. The predicted octanol–water partition coefficient (Wildman–Crippen LogP) is 4.75. The fraction of sp³-hybridized carbons (Fsp3) is 0.0833. The van der Waals surface area contributed by atoms with Crippen molar-refractivity contribution >= 4 is 23.1 Å². The van der Waals surface area contributed by atoms with Crippen LogP contribution in [0.3, 0.4) is 0 Å². The highest BCUT2D eigenvalue weighted by molar-refractivity contribution is 6.47. The van der Waals surface area contributed by atoms with E-state index in [1.807, 2.05) is 0 Å². The fourth-order valence-electron chi connectivity index (χ4n) is 3.25. The van der Waals surface area contributed by atoms with E-state index in [1.54, 1.807) is 0 Å². The first kappa shape index (κ1) is 21.8. The minimum Gasteiger partial charge on any atom is -0.292 e.